The summed E-state index contributed by atoms with van der Waals surface area (Å²) < 4.78 is 0. The SMILES string of the molecule is C#CC(C)c1[nH]ncc1[N+](=O)[O-]. The van der Waals surface area contributed by atoms with E-state index in [9.17, 15) is 10.1 Å². The van der Waals surface area contributed by atoms with Crippen LogP contribution in [-0.2, 0) is 0 Å². The largest absolute Gasteiger partial charge is 0.311 e. The van der Waals surface area contributed by atoms with Crippen molar-refractivity contribution in [3.05, 3.63) is 22.0 Å². The summed E-state index contributed by atoms with van der Waals surface area (Å²) >= 11 is 0. The van der Waals surface area contributed by atoms with Crippen molar-refractivity contribution >= 4 is 5.69 Å². The number of nitrogens with zero attached hydrogens (tertiary/aromatic N) is 2. The molecular weight excluding hydrogens is 158 g/mol. The zero-order valence-electron chi connectivity index (χ0n) is 6.44. The highest BCUT2D eigenvalue weighted by Crippen LogP contribution is 2.22. The second-order valence-electron chi connectivity index (χ2n) is 2.31. The Labute approximate surface area is 68.9 Å². The molecule has 1 rings (SSSR count). The molecule has 0 saturated heterocycles. The molecule has 12 heavy (non-hydrogen) atoms. The quantitative estimate of drug-likeness (QED) is 0.404. The topological polar surface area (TPSA) is 71.8 Å². The molecule has 0 spiro atoms. The number of H-pyrrole nitrogens is 1. The minimum Gasteiger partial charge on any atom is -0.274 e. The van der Waals surface area contributed by atoms with E-state index in [1.54, 1.807) is 6.92 Å². The number of hydrogen-bond acceptors (Lipinski definition) is 3. The van der Waals surface area contributed by atoms with Crippen LogP contribution in [0.5, 0.6) is 0 Å². The molecule has 1 unspecified atom stereocenters. The molecule has 1 atom stereocenters. The first-order chi connectivity index (χ1) is 5.66. The van der Waals surface area contributed by atoms with Crippen molar-refractivity contribution in [2.45, 2.75) is 12.8 Å². The Hall–Kier alpha value is -1.83. The van der Waals surface area contributed by atoms with Crippen LogP contribution in [0.3, 0.4) is 0 Å². The molecule has 1 aromatic heterocycles. The van der Waals surface area contributed by atoms with Gasteiger partial charge >= 0.3 is 5.69 Å². The van der Waals surface area contributed by atoms with E-state index < -0.39 is 4.92 Å². The monoisotopic (exact) mass is 165 g/mol. The fourth-order valence-electron chi connectivity index (χ4n) is 0.837. The van der Waals surface area contributed by atoms with E-state index in [4.69, 9.17) is 6.42 Å². The van der Waals surface area contributed by atoms with Gasteiger partial charge in [-0.15, -0.1) is 6.42 Å². The standard InChI is InChI=1S/C7H7N3O2/c1-3-5(2)7-6(10(11)12)4-8-9-7/h1,4-5H,2H3,(H,8,9). The lowest BCUT2D eigenvalue weighted by Gasteiger charge is -1.97. The van der Waals surface area contributed by atoms with E-state index in [0.29, 0.717) is 5.69 Å². The summed E-state index contributed by atoms with van der Waals surface area (Å²) in [5, 5.41) is 16.4. The molecule has 0 fully saturated rings. The zero-order valence-corrected chi connectivity index (χ0v) is 6.44. The molecule has 0 amide bonds. The number of nitrogens with one attached hydrogen (secondary N) is 1. The summed E-state index contributed by atoms with van der Waals surface area (Å²) in [6.07, 6.45) is 6.27. The molecule has 0 aliphatic carbocycles. The van der Waals surface area contributed by atoms with Crippen molar-refractivity contribution < 1.29 is 4.92 Å². The predicted molar refractivity (Wildman–Crippen MR) is 42.5 cm³/mol. The van der Waals surface area contributed by atoms with Gasteiger partial charge in [-0.3, -0.25) is 15.2 Å². The van der Waals surface area contributed by atoms with Crippen LogP contribution in [0.2, 0.25) is 0 Å². The Morgan fingerprint density at radius 1 is 1.92 bits per heavy atom. The maximum absolute atomic E-state index is 10.4. The Morgan fingerprint density at radius 2 is 2.58 bits per heavy atom. The lowest BCUT2D eigenvalue weighted by atomic mass is 10.1. The van der Waals surface area contributed by atoms with Crippen molar-refractivity contribution in [1.82, 2.24) is 10.2 Å². The normalized spacial score (nSPS) is 12.0. The summed E-state index contributed by atoms with van der Waals surface area (Å²) in [6, 6.07) is 0. The molecule has 0 radical (unpaired) electrons. The van der Waals surface area contributed by atoms with E-state index in [0.717, 1.165) is 6.20 Å². The van der Waals surface area contributed by atoms with Crippen molar-refractivity contribution in [2.75, 3.05) is 0 Å². The van der Waals surface area contributed by atoms with E-state index in [1.165, 1.54) is 0 Å². The lowest BCUT2D eigenvalue weighted by Crippen LogP contribution is -1.96. The number of aromatic amines is 1. The van der Waals surface area contributed by atoms with Crippen LogP contribution in [0.15, 0.2) is 6.20 Å². The third kappa shape index (κ3) is 1.27. The molecular formula is C7H7N3O2. The van der Waals surface area contributed by atoms with Crippen LogP contribution in [0.4, 0.5) is 5.69 Å². The molecule has 1 N–H and O–H groups in total. The van der Waals surface area contributed by atoms with Gasteiger partial charge in [0.2, 0.25) is 0 Å². The van der Waals surface area contributed by atoms with Crippen molar-refractivity contribution in [2.24, 2.45) is 0 Å². The van der Waals surface area contributed by atoms with Gasteiger partial charge in [-0.05, 0) is 6.92 Å². The maximum atomic E-state index is 10.4. The van der Waals surface area contributed by atoms with Crippen LogP contribution < -0.4 is 0 Å². The van der Waals surface area contributed by atoms with E-state index in [1.807, 2.05) is 0 Å². The molecule has 0 aliphatic rings. The zero-order chi connectivity index (χ0) is 9.14. The summed E-state index contributed by atoms with van der Waals surface area (Å²) in [4.78, 5) is 9.87. The van der Waals surface area contributed by atoms with Crippen LogP contribution in [0, 0.1) is 22.5 Å². The predicted octanol–water partition coefficient (Wildman–Crippen LogP) is 1.05. The van der Waals surface area contributed by atoms with E-state index in [2.05, 4.69) is 16.1 Å². The van der Waals surface area contributed by atoms with Gasteiger partial charge in [0.25, 0.3) is 0 Å². The Balaban J connectivity index is 3.09. The van der Waals surface area contributed by atoms with Crippen LogP contribution in [0.1, 0.15) is 18.5 Å². The third-order valence-electron chi connectivity index (χ3n) is 1.53. The van der Waals surface area contributed by atoms with E-state index >= 15 is 0 Å². The molecule has 5 heteroatoms. The summed E-state index contributed by atoms with van der Waals surface area (Å²) in [6.45, 7) is 1.69. The number of nitro groups is 1. The van der Waals surface area contributed by atoms with Gasteiger partial charge in [-0.2, -0.15) is 5.10 Å². The van der Waals surface area contributed by atoms with Crippen LogP contribution in [0.25, 0.3) is 0 Å². The minimum absolute atomic E-state index is 0.0551. The third-order valence-corrected chi connectivity index (χ3v) is 1.53. The summed E-state index contributed by atoms with van der Waals surface area (Å²) in [5.41, 5.74) is 0.322. The molecule has 0 aliphatic heterocycles. The molecule has 0 saturated carbocycles. The van der Waals surface area contributed by atoms with Crippen molar-refractivity contribution in [1.29, 1.82) is 0 Å². The molecule has 0 bridgehead atoms. The number of aromatic nitrogens is 2. The number of hydrogen-bond donors (Lipinski definition) is 1. The Morgan fingerprint density at radius 3 is 3.08 bits per heavy atom. The van der Waals surface area contributed by atoms with Gasteiger partial charge in [0.15, 0.2) is 0 Å². The van der Waals surface area contributed by atoms with Crippen LogP contribution >= 0.6 is 0 Å². The summed E-state index contributed by atoms with van der Waals surface area (Å²) in [5.74, 6) is 2.07. The Kier molecular flexibility index (Phi) is 2.10. The summed E-state index contributed by atoms with van der Waals surface area (Å²) in [7, 11) is 0. The molecule has 1 heterocycles. The minimum atomic E-state index is -0.507. The van der Waals surface area contributed by atoms with Crippen molar-refractivity contribution in [3.63, 3.8) is 0 Å². The second-order valence-corrected chi connectivity index (χ2v) is 2.31. The van der Waals surface area contributed by atoms with Crippen LogP contribution in [-0.4, -0.2) is 15.1 Å². The molecule has 1 aromatic rings. The highest BCUT2D eigenvalue weighted by atomic mass is 16.6. The lowest BCUT2D eigenvalue weighted by molar-refractivity contribution is -0.385. The first-order valence-electron chi connectivity index (χ1n) is 3.30. The van der Waals surface area contributed by atoms with Crippen molar-refractivity contribution in [3.8, 4) is 12.3 Å². The molecule has 62 valence electrons. The fourth-order valence-corrected chi connectivity index (χ4v) is 0.837. The van der Waals surface area contributed by atoms with Gasteiger partial charge in [0.1, 0.15) is 11.9 Å². The van der Waals surface area contributed by atoms with Gasteiger partial charge < -0.3 is 0 Å². The number of terminal acetylenes is 1. The average molecular weight is 165 g/mol. The van der Waals surface area contributed by atoms with Gasteiger partial charge in [-0.25, -0.2) is 0 Å². The van der Waals surface area contributed by atoms with Gasteiger partial charge in [0.05, 0.1) is 10.8 Å². The Bertz CT molecular complexity index is 337. The first kappa shape index (κ1) is 8.27. The second kappa shape index (κ2) is 3.05. The molecule has 0 aromatic carbocycles. The van der Waals surface area contributed by atoms with E-state index in [-0.39, 0.29) is 11.6 Å². The number of rotatable bonds is 2. The first-order valence-corrected chi connectivity index (χ1v) is 3.30. The fraction of sp³-hybridized carbons (Fsp3) is 0.286. The van der Waals surface area contributed by atoms with Gasteiger partial charge in [-0.1, -0.05) is 5.92 Å². The highest BCUT2D eigenvalue weighted by molar-refractivity contribution is 5.37. The van der Waals surface area contributed by atoms with Gasteiger partial charge in [0, 0.05) is 0 Å². The highest BCUT2D eigenvalue weighted by Gasteiger charge is 2.19. The average Bonchev–Trinajstić information content (AvgIpc) is 2.50. The maximum Gasteiger partial charge on any atom is 0.311 e. The molecule has 5 nitrogen and oxygen atoms in total. The smallest absolute Gasteiger partial charge is 0.274 e.